The molecule has 1 fully saturated rings. The topological polar surface area (TPSA) is 29.3 Å². The average molecular weight is 290 g/mol. The van der Waals surface area contributed by atoms with E-state index >= 15 is 0 Å². The molecule has 0 aliphatic carbocycles. The maximum Gasteiger partial charge on any atom is 0.103 e. The molecule has 1 aromatic rings. The first kappa shape index (κ1) is 15.5. The Labute approximate surface area is 128 Å². The second kappa shape index (κ2) is 6.68. The van der Waals surface area contributed by atoms with Gasteiger partial charge in [-0.05, 0) is 43.0 Å². The monoisotopic (exact) mass is 290 g/mol. The zero-order valence-corrected chi connectivity index (χ0v) is 13.5. The van der Waals surface area contributed by atoms with Crippen molar-refractivity contribution in [3.8, 4) is 0 Å². The van der Waals surface area contributed by atoms with E-state index in [1.807, 2.05) is 6.07 Å². The summed E-state index contributed by atoms with van der Waals surface area (Å²) in [5.74, 6) is 0. The Kier molecular flexibility index (Phi) is 5.17. The average Bonchev–Trinajstić information content (AvgIpc) is 2.49. The van der Waals surface area contributed by atoms with Gasteiger partial charge in [-0.25, -0.2) is 0 Å². The number of hydrogen-bond acceptors (Lipinski definition) is 2. The molecule has 0 spiro atoms. The summed E-state index contributed by atoms with van der Waals surface area (Å²) in [5.41, 5.74) is 8.59. The van der Waals surface area contributed by atoms with E-state index in [2.05, 4.69) is 36.9 Å². The number of hydrogen-bond donors (Lipinski definition) is 1. The van der Waals surface area contributed by atoms with E-state index in [9.17, 15) is 0 Å². The van der Waals surface area contributed by atoms with E-state index < -0.39 is 0 Å². The largest absolute Gasteiger partial charge is 0.389 e. The Bertz CT molecular complexity index is 456. The molecule has 1 aliphatic rings. The summed E-state index contributed by atoms with van der Waals surface area (Å²) in [6, 6.07) is 8.34. The summed E-state index contributed by atoms with van der Waals surface area (Å²) in [6.07, 6.45) is 5.28. The molecule has 0 bridgehead atoms. The summed E-state index contributed by atoms with van der Waals surface area (Å²) in [6.45, 7) is 8.10. The fourth-order valence-electron chi connectivity index (χ4n) is 3.22. The normalized spacial score (nSPS) is 18.9. The molecule has 1 aromatic carbocycles. The highest BCUT2D eigenvalue weighted by Crippen LogP contribution is 2.38. The van der Waals surface area contributed by atoms with Crippen LogP contribution in [0.5, 0.6) is 0 Å². The van der Waals surface area contributed by atoms with E-state index in [0.717, 1.165) is 12.1 Å². The number of rotatable bonds is 5. The van der Waals surface area contributed by atoms with Crippen LogP contribution in [-0.2, 0) is 6.54 Å². The van der Waals surface area contributed by atoms with Gasteiger partial charge in [-0.2, -0.15) is 0 Å². The Morgan fingerprint density at radius 3 is 2.45 bits per heavy atom. The highest BCUT2D eigenvalue weighted by Gasteiger charge is 2.30. The Morgan fingerprint density at radius 2 is 1.90 bits per heavy atom. The van der Waals surface area contributed by atoms with Gasteiger partial charge in [0.05, 0.1) is 0 Å². The predicted octanol–water partition coefficient (Wildman–Crippen LogP) is 3.72. The SMILES string of the molecule is CCC1(CC)CCN(Cc2cccc(C(N)=S)c2)CC1. The van der Waals surface area contributed by atoms with Gasteiger partial charge >= 0.3 is 0 Å². The first-order chi connectivity index (χ1) is 9.58. The van der Waals surface area contributed by atoms with Crippen LogP contribution in [0.15, 0.2) is 24.3 Å². The van der Waals surface area contributed by atoms with Gasteiger partial charge in [0.15, 0.2) is 0 Å². The number of likely N-dealkylation sites (tertiary alicyclic amines) is 1. The molecule has 110 valence electrons. The third-order valence-electron chi connectivity index (χ3n) is 5.03. The van der Waals surface area contributed by atoms with Gasteiger partial charge < -0.3 is 5.73 Å². The summed E-state index contributed by atoms with van der Waals surface area (Å²) in [4.78, 5) is 3.05. The summed E-state index contributed by atoms with van der Waals surface area (Å²) in [5, 5.41) is 0. The fourth-order valence-corrected chi connectivity index (χ4v) is 3.35. The molecule has 0 radical (unpaired) electrons. The second-order valence-corrected chi connectivity index (χ2v) is 6.49. The van der Waals surface area contributed by atoms with E-state index in [0.29, 0.717) is 10.4 Å². The molecule has 2 N–H and O–H groups in total. The van der Waals surface area contributed by atoms with Crippen LogP contribution in [0.2, 0.25) is 0 Å². The van der Waals surface area contributed by atoms with Crippen molar-refractivity contribution in [1.29, 1.82) is 0 Å². The van der Waals surface area contributed by atoms with Crippen LogP contribution < -0.4 is 5.73 Å². The van der Waals surface area contributed by atoms with Crippen molar-refractivity contribution >= 4 is 17.2 Å². The third-order valence-corrected chi connectivity index (χ3v) is 5.27. The zero-order chi connectivity index (χ0) is 14.6. The van der Waals surface area contributed by atoms with Gasteiger partial charge in [-0.1, -0.05) is 57.1 Å². The quantitative estimate of drug-likeness (QED) is 0.838. The van der Waals surface area contributed by atoms with Gasteiger partial charge in [0.1, 0.15) is 4.99 Å². The summed E-state index contributed by atoms with van der Waals surface area (Å²) < 4.78 is 0. The molecular weight excluding hydrogens is 264 g/mol. The molecule has 20 heavy (non-hydrogen) atoms. The standard InChI is InChI=1S/C17H26N2S/c1-3-17(4-2)8-10-19(11-9-17)13-14-6-5-7-15(12-14)16(18)20/h5-7,12H,3-4,8-11,13H2,1-2H3,(H2,18,20). The van der Waals surface area contributed by atoms with Crippen molar-refractivity contribution in [2.75, 3.05) is 13.1 Å². The van der Waals surface area contributed by atoms with Gasteiger partial charge in [-0.3, -0.25) is 4.90 Å². The van der Waals surface area contributed by atoms with E-state index in [1.165, 1.54) is 44.3 Å². The molecule has 0 atom stereocenters. The van der Waals surface area contributed by atoms with Crippen LogP contribution in [0.3, 0.4) is 0 Å². The number of piperidine rings is 1. The molecule has 1 aliphatic heterocycles. The maximum absolute atomic E-state index is 5.71. The minimum atomic E-state index is 0.487. The molecule has 0 aromatic heterocycles. The maximum atomic E-state index is 5.71. The van der Waals surface area contributed by atoms with Crippen molar-refractivity contribution < 1.29 is 0 Å². The molecule has 1 heterocycles. The summed E-state index contributed by atoms with van der Waals surface area (Å²) in [7, 11) is 0. The van der Waals surface area contributed by atoms with E-state index in [-0.39, 0.29) is 0 Å². The lowest BCUT2D eigenvalue weighted by molar-refractivity contribution is 0.0909. The lowest BCUT2D eigenvalue weighted by atomic mass is 9.74. The van der Waals surface area contributed by atoms with Crippen molar-refractivity contribution in [3.63, 3.8) is 0 Å². The molecule has 3 heteroatoms. The van der Waals surface area contributed by atoms with Crippen LogP contribution in [0, 0.1) is 5.41 Å². The molecule has 0 saturated carbocycles. The molecule has 1 saturated heterocycles. The third kappa shape index (κ3) is 3.58. The minimum absolute atomic E-state index is 0.487. The van der Waals surface area contributed by atoms with Crippen molar-refractivity contribution in [2.45, 2.75) is 46.1 Å². The van der Waals surface area contributed by atoms with Crippen molar-refractivity contribution in [2.24, 2.45) is 11.1 Å². The Balaban J connectivity index is 1.96. The van der Waals surface area contributed by atoms with Gasteiger partial charge in [0.25, 0.3) is 0 Å². The van der Waals surface area contributed by atoms with Gasteiger partial charge in [-0.15, -0.1) is 0 Å². The highest BCUT2D eigenvalue weighted by atomic mass is 32.1. The first-order valence-corrected chi connectivity index (χ1v) is 8.10. The minimum Gasteiger partial charge on any atom is -0.389 e. The van der Waals surface area contributed by atoms with Crippen LogP contribution in [0.4, 0.5) is 0 Å². The van der Waals surface area contributed by atoms with E-state index in [4.69, 9.17) is 18.0 Å². The second-order valence-electron chi connectivity index (χ2n) is 6.05. The Hall–Kier alpha value is -0.930. The smallest absolute Gasteiger partial charge is 0.103 e. The van der Waals surface area contributed by atoms with Crippen molar-refractivity contribution in [1.82, 2.24) is 4.90 Å². The van der Waals surface area contributed by atoms with Gasteiger partial charge in [0, 0.05) is 12.1 Å². The lowest BCUT2D eigenvalue weighted by Crippen LogP contribution is -2.39. The highest BCUT2D eigenvalue weighted by molar-refractivity contribution is 7.80. The van der Waals surface area contributed by atoms with Gasteiger partial charge in [0.2, 0.25) is 0 Å². The molecule has 0 amide bonds. The lowest BCUT2D eigenvalue weighted by Gasteiger charge is -2.41. The van der Waals surface area contributed by atoms with Crippen LogP contribution >= 0.6 is 12.2 Å². The van der Waals surface area contributed by atoms with Crippen molar-refractivity contribution in [3.05, 3.63) is 35.4 Å². The number of thiocarbonyl (C=S) groups is 1. The Morgan fingerprint density at radius 1 is 1.25 bits per heavy atom. The van der Waals surface area contributed by atoms with Crippen LogP contribution in [0.25, 0.3) is 0 Å². The number of nitrogens with two attached hydrogens (primary N) is 1. The molecular formula is C17H26N2S. The molecule has 0 unspecified atom stereocenters. The van der Waals surface area contributed by atoms with E-state index in [1.54, 1.807) is 0 Å². The van der Waals surface area contributed by atoms with Crippen LogP contribution in [0.1, 0.15) is 50.7 Å². The number of nitrogens with zero attached hydrogens (tertiary/aromatic N) is 1. The first-order valence-electron chi connectivity index (χ1n) is 7.69. The number of benzene rings is 1. The predicted molar refractivity (Wildman–Crippen MR) is 89.9 cm³/mol. The zero-order valence-electron chi connectivity index (χ0n) is 12.7. The molecule has 2 rings (SSSR count). The fraction of sp³-hybridized carbons (Fsp3) is 0.588. The van der Waals surface area contributed by atoms with Crippen LogP contribution in [-0.4, -0.2) is 23.0 Å². The molecule has 2 nitrogen and oxygen atoms in total. The summed E-state index contributed by atoms with van der Waals surface area (Å²) >= 11 is 5.05.